The van der Waals surface area contributed by atoms with E-state index >= 15 is 0 Å². The summed E-state index contributed by atoms with van der Waals surface area (Å²) in [5.41, 5.74) is 6.52. The lowest BCUT2D eigenvalue weighted by atomic mass is 9.98. The number of rotatable bonds is 9. The molecule has 4 rings (SSSR count). The summed E-state index contributed by atoms with van der Waals surface area (Å²) in [5, 5.41) is 11.7. The Kier molecular flexibility index (Phi) is 7.41. The van der Waals surface area contributed by atoms with Crippen LogP contribution >= 0.6 is 0 Å². The fourth-order valence-corrected chi connectivity index (χ4v) is 4.28. The van der Waals surface area contributed by atoms with E-state index < -0.39 is 36.2 Å². The zero-order valence-corrected chi connectivity index (χ0v) is 18.6. The molecule has 0 saturated carbocycles. The van der Waals surface area contributed by atoms with Crippen LogP contribution in [0.1, 0.15) is 23.5 Å². The molecule has 1 aliphatic carbocycles. The van der Waals surface area contributed by atoms with Crippen molar-refractivity contribution in [1.82, 2.24) is 10.8 Å². The van der Waals surface area contributed by atoms with E-state index in [1.807, 2.05) is 36.4 Å². The number of amides is 2. The van der Waals surface area contributed by atoms with E-state index in [1.54, 1.807) is 0 Å². The normalized spacial score (nSPS) is 19.7. The quantitative estimate of drug-likeness (QED) is 0.473. The largest absolute Gasteiger partial charge is 0.479 e. The fourth-order valence-electron chi connectivity index (χ4n) is 4.28. The number of benzene rings is 2. The first-order valence-corrected chi connectivity index (χ1v) is 10.9. The van der Waals surface area contributed by atoms with Gasteiger partial charge in [0.25, 0.3) is 5.91 Å². The molecule has 1 unspecified atom stereocenters. The number of hydrogen-bond acceptors (Lipinski definition) is 7. The zero-order valence-electron chi connectivity index (χ0n) is 18.6. The minimum absolute atomic E-state index is 0.0841. The average molecular weight is 470 g/mol. The molecule has 3 N–H and O–H groups in total. The number of fused-ring (bicyclic) bond motifs is 3. The predicted molar refractivity (Wildman–Crippen MR) is 119 cm³/mol. The van der Waals surface area contributed by atoms with Crippen LogP contribution in [0.3, 0.4) is 0 Å². The molecular weight excluding hydrogens is 444 g/mol. The Morgan fingerprint density at radius 1 is 1.09 bits per heavy atom. The van der Waals surface area contributed by atoms with Crippen LogP contribution in [0.2, 0.25) is 0 Å². The lowest BCUT2D eigenvalue weighted by Gasteiger charge is -2.21. The summed E-state index contributed by atoms with van der Waals surface area (Å²) in [6.07, 6.45) is -2.69. The number of aliphatic carboxylic acids is 1. The van der Waals surface area contributed by atoms with Crippen molar-refractivity contribution in [3.05, 3.63) is 59.7 Å². The molecule has 1 aliphatic heterocycles. The highest BCUT2D eigenvalue weighted by atomic mass is 16.7. The summed E-state index contributed by atoms with van der Waals surface area (Å²) >= 11 is 0. The van der Waals surface area contributed by atoms with Crippen LogP contribution in [0.5, 0.6) is 0 Å². The van der Waals surface area contributed by atoms with Crippen molar-refractivity contribution in [3.8, 4) is 11.1 Å². The van der Waals surface area contributed by atoms with Crippen molar-refractivity contribution >= 4 is 18.0 Å². The van der Waals surface area contributed by atoms with Crippen molar-refractivity contribution in [1.29, 1.82) is 0 Å². The highest BCUT2D eigenvalue weighted by Crippen LogP contribution is 2.44. The molecule has 0 spiro atoms. The SMILES string of the molecule is COCC(ONC(=O)[C@@H]1OCC[C@@H]1NC(=O)OCC1c2ccccc2-c2ccccc21)C(=O)O. The number of hydrogen-bond donors (Lipinski definition) is 3. The lowest BCUT2D eigenvalue weighted by Crippen LogP contribution is -2.49. The predicted octanol–water partition coefficient (Wildman–Crippen LogP) is 1.83. The van der Waals surface area contributed by atoms with E-state index in [-0.39, 0.29) is 25.7 Å². The van der Waals surface area contributed by atoms with Crippen LogP contribution in [0.4, 0.5) is 4.79 Å². The van der Waals surface area contributed by atoms with E-state index in [1.165, 1.54) is 7.11 Å². The van der Waals surface area contributed by atoms with Gasteiger partial charge in [0.15, 0.2) is 6.10 Å². The second-order valence-corrected chi connectivity index (χ2v) is 8.02. The first kappa shape index (κ1) is 23.7. The molecule has 0 bridgehead atoms. The van der Waals surface area contributed by atoms with Gasteiger partial charge >= 0.3 is 12.1 Å². The number of hydroxylamine groups is 1. The summed E-state index contributed by atoms with van der Waals surface area (Å²) in [4.78, 5) is 41.0. The third kappa shape index (κ3) is 5.04. The van der Waals surface area contributed by atoms with Gasteiger partial charge in [-0.3, -0.25) is 9.63 Å². The number of carbonyl (C=O) groups excluding carboxylic acids is 2. The number of ether oxygens (including phenoxy) is 3. The summed E-state index contributed by atoms with van der Waals surface area (Å²) < 4.78 is 15.7. The first-order chi connectivity index (χ1) is 16.5. The van der Waals surface area contributed by atoms with Crippen LogP contribution in [-0.4, -0.2) is 68.3 Å². The van der Waals surface area contributed by atoms with Crippen LogP contribution in [0.15, 0.2) is 48.5 Å². The van der Waals surface area contributed by atoms with Crippen molar-refractivity contribution in [3.63, 3.8) is 0 Å². The van der Waals surface area contributed by atoms with Gasteiger partial charge in [-0.15, -0.1) is 0 Å². The summed E-state index contributed by atoms with van der Waals surface area (Å²) in [6, 6.07) is 15.4. The number of methoxy groups -OCH3 is 1. The minimum Gasteiger partial charge on any atom is -0.479 e. The molecule has 1 saturated heterocycles. The van der Waals surface area contributed by atoms with Gasteiger partial charge in [-0.2, -0.15) is 0 Å². The molecule has 2 aromatic carbocycles. The molecule has 10 heteroatoms. The van der Waals surface area contributed by atoms with Gasteiger partial charge in [0.1, 0.15) is 6.61 Å². The van der Waals surface area contributed by atoms with Gasteiger partial charge < -0.3 is 24.6 Å². The van der Waals surface area contributed by atoms with E-state index in [0.717, 1.165) is 22.3 Å². The molecule has 1 fully saturated rings. The zero-order chi connectivity index (χ0) is 24.1. The van der Waals surface area contributed by atoms with E-state index in [4.69, 9.17) is 24.2 Å². The fraction of sp³-hybridized carbons (Fsp3) is 0.375. The smallest absolute Gasteiger partial charge is 0.407 e. The van der Waals surface area contributed by atoms with Crippen molar-refractivity contribution < 1.29 is 38.5 Å². The number of carboxylic acid groups (broad SMARTS) is 1. The molecular formula is C24H26N2O8. The first-order valence-electron chi connectivity index (χ1n) is 10.9. The third-order valence-corrected chi connectivity index (χ3v) is 5.89. The standard InChI is InChI=1S/C24H26N2O8/c1-31-13-20(23(28)29)34-26-22(27)21-19(10-11-32-21)25-24(30)33-12-18-16-8-4-2-6-14(16)15-7-3-5-9-17(15)18/h2-9,18-21H,10-13H2,1H3,(H,25,30)(H,26,27)(H,28,29)/t19-,20?,21+/m0/s1. The van der Waals surface area contributed by atoms with Gasteiger partial charge in [0.2, 0.25) is 6.10 Å². The lowest BCUT2D eigenvalue weighted by molar-refractivity contribution is -0.168. The Morgan fingerprint density at radius 2 is 1.74 bits per heavy atom. The van der Waals surface area contributed by atoms with Gasteiger partial charge in [0, 0.05) is 19.6 Å². The second kappa shape index (κ2) is 10.6. The average Bonchev–Trinajstić information content (AvgIpc) is 3.42. The molecule has 2 amide bonds. The van der Waals surface area contributed by atoms with Crippen molar-refractivity contribution in [2.75, 3.05) is 26.9 Å². The maximum atomic E-state index is 12.5. The van der Waals surface area contributed by atoms with Crippen LogP contribution in [0, 0.1) is 0 Å². The van der Waals surface area contributed by atoms with E-state index in [9.17, 15) is 14.4 Å². The topological polar surface area (TPSA) is 132 Å². The number of nitrogens with one attached hydrogen (secondary N) is 2. The summed E-state index contributed by atoms with van der Waals surface area (Å²) in [7, 11) is 1.32. The highest BCUT2D eigenvalue weighted by molar-refractivity contribution is 5.82. The van der Waals surface area contributed by atoms with E-state index in [0.29, 0.717) is 6.42 Å². The molecule has 180 valence electrons. The maximum Gasteiger partial charge on any atom is 0.407 e. The molecule has 3 atom stereocenters. The number of carboxylic acids is 1. The van der Waals surface area contributed by atoms with Crippen LogP contribution < -0.4 is 10.8 Å². The molecule has 0 radical (unpaired) electrons. The Morgan fingerprint density at radius 3 is 2.35 bits per heavy atom. The molecule has 34 heavy (non-hydrogen) atoms. The number of alkyl carbamates (subject to hydrolysis) is 1. The highest BCUT2D eigenvalue weighted by Gasteiger charge is 2.37. The molecule has 2 aliphatic rings. The monoisotopic (exact) mass is 470 g/mol. The van der Waals surface area contributed by atoms with Gasteiger partial charge in [-0.1, -0.05) is 48.5 Å². The summed E-state index contributed by atoms with van der Waals surface area (Å²) in [5.74, 6) is -2.08. The van der Waals surface area contributed by atoms with Crippen LogP contribution in [-0.2, 0) is 28.6 Å². The second-order valence-electron chi connectivity index (χ2n) is 8.02. The maximum absolute atomic E-state index is 12.5. The minimum atomic E-state index is -1.37. The molecule has 2 aromatic rings. The Labute approximate surface area is 196 Å². The van der Waals surface area contributed by atoms with Gasteiger partial charge in [-0.25, -0.2) is 15.1 Å². The molecule has 0 aromatic heterocycles. The third-order valence-electron chi connectivity index (χ3n) is 5.89. The molecule has 10 nitrogen and oxygen atoms in total. The van der Waals surface area contributed by atoms with Gasteiger partial charge in [0.05, 0.1) is 12.6 Å². The van der Waals surface area contributed by atoms with Crippen LogP contribution in [0.25, 0.3) is 11.1 Å². The van der Waals surface area contributed by atoms with Gasteiger partial charge in [-0.05, 0) is 28.7 Å². The van der Waals surface area contributed by atoms with Crippen molar-refractivity contribution in [2.24, 2.45) is 0 Å². The number of carbonyl (C=O) groups is 3. The Balaban J connectivity index is 1.32. The van der Waals surface area contributed by atoms with E-state index in [2.05, 4.69) is 22.9 Å². The summed E-state index contributed by atoms with van der Waals surface area (Å²) in [6.45, 7) is 0.139. The Bertz CT molecular complexity index is 1010. The molecule has 1 heterocycles. The van der Waals surface area contributed by atoms with Crippen molar-refractivity contribution in [2.45, 2.75) is 30.6 Å². The Hall–Kier alpha value is -3.47.